The first-order valence-corrected chi connectivity index (χ1v) is 6.18. The Labute approximate surface area is 112 Å². The van der Waals surface area contributed by atoms with Gasteiger partial charge >= 0.3 is 0 Å². The maximum Gasteiger partial charge on any atom is 0.271 e. The highest BCUT2D eigenvalue weighted by molar-refractivity contribution is 9.10. The molecule has 0 aliphatic heterocycles. The van der Waals surface area contributed by atoms with E-state index in [4.69, 9.17) is 5.11 Å². The van der Waals surface area contributed by atoms with Gasteiger partial charge in [0.2, 0.25) is 5.91 Å². The molecule has 98 valence electrons. The molecule has 18 heavy (non-hydrogen) atoms. The Hall–Kier alpha value is -1.47. The number of unbranched alkanes of at least 4 members (excludes halogenated alkanes) is 1. The van der Waals surface area contributed by atoms with E-state index in [1.165, 1.54) is 18.2 Å². The second kappa shape index (κ2) is 7.07. The second-order valence-electron chi connectivity index (χ2n) is 3.65. The first kappa shape index (κ1) is 14.6. The second-order valence-corrected chi connectivity index (χ2v) is 4.50. The Morgan fingerprint density at radius 3 is 2.78 bits per heavy atom. The van der Waals surface area contributed by atoms with Gasteiger partial charge in [0.1, 0.15) is 0 Å². The number of hydrogen-bond donors (Lipinski definition) is 2. The van der Waals surface area contributed by atoms with Crippen molar-refractivity contribution in [1.29, 1.82) is 0 Å². The molecule has 1 aromatic rings. The van der Waals surface area contributed by atoms with E-state index < -0.39 is 4.92 Å². The number of non-ortho nitro benzene ring substituents is 1. The van der Waals surface area contributed by atoms with Crippen molar-refractivity contribution < 1.29 is 14.8 Å². The minimum atomic E-state index is -0.520. The van der Waals surface area contributed by atoms with Crippen molar-refractivity contribution in [3.05, 3.63) is 32.8 Å². The monoisotopic (exact) mass is 316 g/mol. The smallest absolute Gasteiger partial charge is 0.271 e. The maximum atomic E-state index is 11.5. The number of hydrogen-bond acceptors (Lipinski definition) is 4. The highest BCUT2D eigenvalue weighted by atomic mass is 79.9. The summed E-state index contributed by atoms with van der Waals surface area (Å²) in [6, 6.07) is 4.17. The molecule has 0 radical (unpaired) electrons. The Morgan fingerprint density at radius 2 is 2.17 bits per heavy atom. The van der Waals surface area contributed by atoms with Crippen molar-refractivity contribution in [2.24, 2.45) is 0 Å². The van der Waals surface area contributed by atoms with Crippen LogP contribution in [0.4, 0.5) is 11.4 Å². The standard InChI is InChI=1S/C11H13BrN2O4/c12-9-5-4-8(14(17)18)7-10(9)13-11(16)3-1-2-6-15/h4-5,7,15H,1-3,6H2,(H,13,16). The number of anilines is 1. The minimum Gasteiger partial charge on any atom is -0.396 e. The van der Waals surface area contributed by atoms with Crippen molar-refractivity contribution in [2.45, 2.75) is 19.3 Å². The molecule has 1 amide bonds. The van der Waals surface area contributed by atoms with Gasteiger partial charge in [0, 0.05) is 29.6 Å². The van der Waals surface area contributed by atoms with Crippen LogP contribution in [0.3, 0.4) is 0 Å². The zero-order valence-electron chi connectivity index (χ0n) is 9.56. The number of halogens is 1. The molecule has 6 nitrogen and oxygen atoms in total. The molecule has 0 aliphatic carbocycles. The fourth-order valence-corrected chi connectivity index (χ4v) is 1.68. The van der Waals surface area contributed by atoms with Gasteiger partial charge in [-0.2, -0.15) is 0 Å². The van der Waals surface area contributed by atoms with Gasteiger partial charge < -0.3 is 10.4 Å². The van der Waals surface area contributed by atoms with E-state index in [9.17, 15) is 14.9 Å². The van der Waals surface area contributed by atoms with Gasteiger partial charge in [-0.1, -0.05) is 0 Å². The summed E-state index contributed by atoms with van der Waals surface area (Å²) in [6.45, 7) is 0.0494. The van der Waals surface area contributed by atoms with Crippen LogP contribution >= 0.6 is 15.9 Å². The summed E-state index contributed by atoms with van der Waals surface area (Å²) in [4.78, 5) is 21.6. The van der Waals surface area contributed by atoms with Crippen molar-refractivity contribution >= 4 is 33.2 Å². The Bertz CT molecular complexity index is 451. The van der Waals surface area contributed by atoms with Crippen LogP contribution in [0, 0.1) is 10.1 Å². The summed E-state index contributed by atoms with van der Waals surface area (Å²) in [5.74, 6) is -0.232. The quantitative estimate of drug-likeness (QED) is 0.479. The summed E-state index contributed by atoms with van der Waals surface area (Å²) < 4.78 is 0.587. The lowest BCUT2D eigenvalue weighted by molar-refractivity contribution is -0.384. The molecule has 0 heterocycles. The highest BCUT2D eigenvalue weighted by Crippen LogP contribution is 2.27. The van der Waals surface area contributed by atoms with Crippen molar-refractivity contribution in [3.63, 3.8) is 0 Å². The molecule has 0 bridgehead atoms. The molecule has 0 spiro atoms. The van der Waals surface area contributed by atoms with E-state index in [2.05, 4.69) is 21.2 Å². The fraction of sp³-hybridized carbons (Fsp3) is 0.364. The van der Waals surface area contributed by atoms with Crippen LogP contribution in [-0.2, 0) is 4.79 Å². The summed E-state index contributed by atoms with van der Waals surface area (Å²) in [7, 11) is 0. The summed E-state index contributed by atoms with van der Waals surface area (Å²) >= 11 is 3.21. The number of nitro benzene ring substituents is 1. The molecule has 0 fully saturated rings. The average Bonchev–Trinajstić information content (AvgIpc) is 2.32. The van der Waals surface area contributed by atoms with Crippen molar-refractivity contribution in [1.82, 2.24) is 0 Å². The van der Waals surface area contributed by atoms with E-state index in [0.717, 1.165) is 0 Å². The molecular weight excluding hydrogens is 304 g/mol. The molecule has 1 rings (SSSR count). The van der Waals surface area contributed by atoms with Crippen LogP contribution in [-0.4, -0.2) is 22.5 Å². The largest absolute Gasteiger partial charge is 0.396 e. The predicted octanol–water partition coefficient (Wildman–Crippen LogP) is 2.46. The van der Waals surface area contributed by atoms with Crippen LogP contribution in [0.2, 0.25) is 0 Å². The number of nitro groups is 1. The first-order valence-electron chi connectivity index (χ1n) is 5.39. The van der Waals surface area contributed by atoms with E-state index in [1.807, 2.05) is 0 Å². The van der Waals surface area contributed by atoms with Crippen LogP contribution < -0.4 is 5.32 Å². The molecule has 0 unspecified atom stereocenters. The van der Waals surface area contributed by atoms with Gasteiger partial charge in [0.15, 0.2) is 0 Å². The highest BCUT2D eigenvalue weighted by Gasteiger charge is 2.11. The number of aliphatic hydroxyl groups excluding tert-OH is 1. The lowest BCUT2D eigenvalue weighted by Crippen LogP contribution is -2.12. The Morgan fingerprint density at radius 1 is 1.44 bits per heavy atom. The number of benzene rings is 1. The predicted molar refractivity (Wildman–Crippen MR) is 70.4 cm³/mol. The maximum absolute atomic E-state index is 11.5. The number of carbonyl (C=O) groups excluding carboxylic acids is 1. The van der Waals surface area contributed by atoms with Gasteiger partial charge in [-0.15, -0.1) is 0 Å². The third-order valence-corrected chi connectivity index (χ3v) is 2.94. The lowest BCUT2D eigenvalue weighted by Gasteiger charge is -2.06. The summed E-state index contributed by atoms with van der Waals surface area (Å²) in [5, 5.41) is 21.8. The molecule has 0 saturated carbocycles. The van der Waals surface area contributed by atoms with E-state index >= 15 is 0 Å². The molecule has 1 aromatic carbocycles. The van der Waals surface area contributed by atoms with Crippen LogP contribution in [0.25, 0.3) is 0 Å². The minimum absolute atomic E-state index is 0.0494. The molecule has 0 aliphatic rings. The Balaban J connectivity index is 2.68. The van der Waals surface area contributed by atoms with Gasteiger partial charge in [-0.05, 0) is 34.8 Å². The van der Waals surface area contributed by atoms with E-state index in [0.29, 0.717) is 23.0 Å². The summed E-state index contributed by atoms with van der Waals surface area (Å²) in [6.07, 6.45) is 1.41. The molecule has 0 saturated heterocycles. The van der Waals surface area contributed by atoms with E-state index in [-0.39, 0.29) is 24.6 Å². The number of nitrogens with zero attached hydrogens (tertiary/aromatic N) is 1. The number of amides is 1. The van der Waals surface area contributed by atoms with Crippen LogP contribution in [0.15, 0.2) is 22.7 Å². The SMILES string of the molecule is O=C(CCCCO)Nc1cc([N+](=O)[O-])ccc1Br. The molecule has 2 N–H and O–H groups in total. The molecule has 0 aromatic heterocycles. The number of aliphatic hydroxyl groups is 1. The van der Waals surface area contributed by atoms with Crippen molar-refractivity contribution in [2.75, 3.05) is 11.9 Å². The van der Waals surface area contributed by atoms with Crippen molar-refractivity contribution in [3.8, 4) is 0 Å². The molecule has 7 heteroatoms. The zero-order valence-corrected chi connectivity index (χ0v) is 11.1. The first-order chi connectivity index (χ1) is 8.54. The topological polar surface area (TPSA) is 92.5 Å². The number of rotatable bonds is 6. The van der Waals surface area contributed by atoms with E-state index in [1.54, 1.807) is 0 Å². The van der Waals surface area contributed by atoms with Crippen LogP contribution in [0.5, 0.6) is 0 Å². The fourth-order valence-electron chi connectivity index (χ4n) is 1.33. The zero-order chi connectivity index (χ0) is 13.5. The third kappa shape index (κ3) is 4.42. The van der Waals surface area contributed by atoms with Gasteiger partial charge in [0.05, 0.1) is 10.6 Å². The molecule has 0 atom stereocenters. The number of nitrogens with one attached hydrogen (secondary N) is 1. The average molecular weight is 317 g/mol. The Kier molecular flexibility index (Phi) is 5.73. The van der Waals surface area contributed by atoms with Gasteiger partial charge in [-0.25, -0.2) is 0 Å². The van der Waals surface area contributed by atoms with Crippen LogP contribution in [0.1, 0.15) is 19.3 Å². The summed E-state index contributed by atoms with van der Waals surface area (Å²) in [5.41, 5.74) is 0.294. The third-order valence-electron chi connectivity index (χ3n) is 2.25. The normalized spacial score (nSPS) is 10.1. The number of carbonyl (C=O) groups is 1. The van der Waals surface area contributed by atoms with Gasteiger partial charge in [0.25, 0.3) is 5.69 Å². The molecular formula is C11H13BrN2O4. The van der Waals surface area contributed by atoms with Gasteiger partial charge in [-0.3, -0.25) is 14.9 Å². The lowest BCUT2D eigenvalue weighted by atomic mass is 10.2.